The summed E-state index contributed by atoms with van der Waals surface area (Å²) in [6.07, 6.45) is 2.40. The number of halogens is 1. The van der Waals surface area contributed by atoms with Crippen LogP contribution in [0.3, 0.4) is 0 Å². The molecule has 0 saturated carbocycles. The summed E-state index contributed by atoms with van der Waals surface area (Å²) in [5.41, 5.74) is 2.16. The molecule has 0 aliphatic carbocycles. The Hall–Kier alpha value is -1.41. The van der Waals surface area contributed by atoms with Crippen LogP contribution in [-0.2, 0) is 6.54 Å². The molecule has 1 aromatic carbocycles. The molecule has 2 heterocycles. The number of fused-ring (bicyclic) bond motifs is 1. The second-order valence-corrected chi connectivity index (χ2v) is 5.55. The Morgan fingerprint density at radius 3 is 2.96 bits per heavy atom. The predicted octanol–water partition coefficient (Wildman–Crippen LogP) is 2.38. The SMILES string of the molecule is CCNC(=NCc1ccnc2ccccc12)N1CC[C@@H](O)C1.I. The molecule has 1 atom stereocenters. The number of hydrogen-bond acceptors (Lipinski definition) is 3. The van der Waals surface area contributed by atoms with E-state index in [1.54, 1.807) is 0 Å². The molecular weight excluding hydrogens is 403 g/mol. The van der Waals surface area contributed by atoms with E-state index in [2.05, 4.69) is 28.2 Å². The van der Waals surface area contributed by atoms with Gasteiger partial charge in [-0.25, -0.2) is 4.99 Å². The fourth-order valence-electron chi connectivity index (χ4n) is 2.81. The lowest BCUT2D eigenvalue weighted by Gasteiger charge is -2.21. The van der Waals surface area contributed by atoms with E-state index in [0.717, 1.165) is 36.4 Å². The number of guanidine groups is 1. The number of aliphatic imine (C=N–C) groups is 1. The molecule has 1 aromatic heterocycles. The summed E-state index contributed by atoms with van der Waals surface area (Å²) in [5, 5.41) is 14.2. The first-order valence-corrected chi connectivity index (χ1v) is 7.82. The number of likely N-dealkylation sites (tertiary alicyclic amines) is 1. The number of rotatable bonds is 3. The number of pyridine rings is 1. The van der Waals surface area contributed by atoms with E-state index >= 15 is 0 Å². The lowest BCUT2D eigenvalue weighted by Crippen LogP contribution is -2.40. The van der Waals surface area contributed by atoms with Gasteiger partial charge < -0.3 is 15.3 Å². The van der Waals surface area contributed by atoms with Crippen LogP contribution in [0.15, 0.2) is 41.5 Å². The van der Waals surface area contributed by atoms with Gasteiger partial charge in [0.1, 0.15) is 0 Å². The molecule has 3 rings (SSSR count). The van der Waals surface area contributed by atoms with Crippen molar-refractivity contribution in [2.75, 3.05) is 19.6 Å². The summed E-state index contributed by atoms with van der Waals surface area (Å²) < 4.78 is 0. The quantitative estimate of drug-likeness (QED) is 0.450. The predicted molar refractivity (Wildman–Crippen MR) is 104 cm³/mol. The Kier molecular flexibility index (Phi) is 6.59. The lowest BCUT2D eigenvalue weighted by molar-refractivity contribution is 0.188. The Morgan fingerprint density at radius 2 is 2.22 bits per heavy atom. The largest absolute Gasteiger partial charge is 0.391 e. The number of hydrogen-bond donors (Lipinski definition) is 2. The maximum absolute atomic E-state index is 9.71. The molecule has 0 amide bonds. The molecular formula is C17H23IN4O. The van der Waals surface area contributed by atoms with Gasteiger partial charge in [0.15, 0.2) is 5.96 Å². The van der Waals surface area contributed by atoms with Gasteiger partial charge in [-0.15, -0.1) is 24.0 Å². The molecule has 2 N–H and O–H groups in total. The first kappa shape index (κ1) is 17.9. The van der Waals surface area contributed by atoms with Gasteiger partial charge in [-0.05, 0) is 31.0 Å². The van der Waals surface area contributed by atoms with Gasteiger partial charge in [0.2, 0.25) is 0 Å². The highest BCUT2D eigenvalue weighted by molar-refractivity contribution is 14.0. The summed E-state index contributed by atoms with van der Waals surface area (Å²) >= 11 is 0. The van der Waals surface area contributed by atoms with E-state index in [4.69, 9.17) is 4.99 Å². The van der Waals surface area contributed by atoms with Crippen LogP contribution in [0, 0.1) is 0 Å². The fourth-order valence-corrected chi connectivity index (χ4v) is 2.81. The van der Waals surface area contributed by atoms with Crippen LogP contribution in [0.2, 0.25) is 0 Å². The standard InChI is InChI=1S/C17H22N4O.HI/c1-2-18-17(21-10-8-14(22)12-21)20-11-13-7-9-19-16-6-4-3-5-15(13)16;/h3-7,9,14,22H,2,8,10-12H2,1H3,(H,18,20);1H/t14-;/m1./s1. The van der Waals surface area contributed by atoms with Crippen molar-refractivity contribution < 1.29 is 5.11 Å². The maximum Gasteiger partial charge on any atom is 0.194 e. The van der Waals surface area contributed by atoms with Crippen LogP contribution in [0.4, 0.5) is 0 Å². The van der Waals surface area contributed by atoms with Crippen LogP contribution in [0.5, 0.6) is 0 Å². The Labute approximate surface area is 153 Å². The molecule has 6 heteroatoms. The number of nitrogens with one attached hydrogen (secondary N) is 1. The van der Waals surface area contributed by atoms with Gasteiger partial charge in [0.05, 0.1) is 18.2 Å². The molecule has 23 heavy (non-hydrogen) atoms. The van der Waals surface area contributed by atoms with Gasteiger partial charge >= 0.3 is 0 Å². The van der Waals surface area contributed by atoms with Crippen LogP contribution in [0.25, 0.3) is 10.9 Å². The maximum atomic E-state index is 9.71. The molecule has 0 spiro atoms. The Balaban J connectivity index is 0.00000192. The zero-order chi connectivity index (χ0) is 15.4. The zero-order valence-corrected chi connectivity index (χ0v) is 15.6. The molecule has 5 nitrogen and oxygen atoms in total. The van der Waals surface area contributed by atoms with E-state index in [1.807, 2.05) is 30.5 Å². The van der Waals surface area contributed by atoms with Crippen LogP contribution in [0.1, 0.15) is 18.9 Å². The number of aliphatic hydroxyl groups excluding tert-OH is 1. The lowest BCUT2D eigenvalue weighted by atomic mass is 10.1. The summed E-state index contributed by atoms with van der Waals surface area (Å²) in [6, 6.07) is 10.1. The normalized spacial score (nSPS) is 18.1. The molecule has 1 fully saturated rings. The van der Waals surface area contributed by atoms with E-state index in [1.165, 1.54) is 5.56 Å². The minimum absolute atomic E-state index is 0. The second-order valence-electron chi connectivity index (χ2n) is 5.55. The van der Waals surface area contributed by atoms with Crippen molar-refractivity contribution in [1.29, 1.82) is 0 Å². The van der Waals surface area contributed by atoms with Crippen molar-refractivity contribution >= 4 is 40.8 Å². The molecule has 2 aromatic rings. The summed E-state index contributed by atoms with van der Waals surface area (Å²) in [5.74, 6) is 0.875. The first-order valence-electron chi connectivity index (χ1n) is 7.82. The van der Waals surface area contributed by atoms with Crippen LogP contribution >= 0.6 is 24.0 Å². The van der Waals surface area contributed by atoms with Crippen molar-refractivity contribution in [2.24, 2.45) is 4.99 Å². The van der Waals surface area contributed by atoms with E-state index in [-0.39, 0.29) is 30.1 Å². The number of para-hydroxylation sites is 1. The van der Waals surface area contributed by atoms with Crippen molar-refractivity contribution in [3.8, 4) is 0 Å². The summed E-state index contributed by atoms with van der Waals surface area (Å²) in [4.78, 5) is 11.3. The topological polar surface area (TPSA) is 60.8 Å². The second kappa shape index (κ2) is 8.44. The van der Waals surface area contributed by atoms with Crippen molar-refractivity contribution in [3.63, 3.8) is 0 Å². The average Bonchev–Trinajstić information content (AvgIpc) is 2.98. The Bertz CT molecular complexity index is 671. The van der Waals surface area contributed by atoms with Gasteiger partial charge in [0.25, 0.3) is 0 Å². The van der Waals surface area contributed by atoms with Gasteiger partial charge in [0, 0.05) is 31.2 Å². The third-order valence-electron chi connectivity index (χ3n) is 3.94. The monoisotopic (exact) mass is 426 g/mol. The third-order valence-corrected chi connectivity index (χ3v) is 3.94. The van der Waals surface area contributed by atoms with Crippen molar-refractivity contribution in [3.05, 3.63) is 42.1 Å². The van der Waals surface area contributed by atoms with Gasteiger partial charge in [-0.1, -0.05) is 18.2 Å². The number of aliphatic hydroxyl groups is 1. The number of aromatic nitrogens is 1. The zero-order valence-electron chi connectivity index (χ0n) is 13.3. The van der Waals surface area contributed by atoms with Crippen LogP contribution < -0.4 is 5.32 Å². The molecule has 0 radical (unpaired) electrons. The van der Waals surface area contributed by atoms with Crippen molar-refractivity contribution in [1.82, 2.24) is 15.2 Å². The highest BCUT2D eigenvalue weighted by Gasteiger charge is 2.22. The molecule has 1 saturated heterocycles. The van der Waals surface area contributed by atoms with E-state index in [0.29, 0.717) is 13.1 Å². The van der Waals surface area contributed by atoms with Gasteiger partial charge in [-0.2, -0.15) is 0 Å². The third kappa shape index (κ3) is 4.32. The highest BCUT2D eigenvalue weighted by atomic mass is 127. The smallest absolute Gasteiger partial charge is 0.194 e. The van der Waals surface area contributed by atoms with E-state index in [9.17, 15) is 5.11 Å². The minimum atomic E-state index is -0.245. The average molecular weight is 426 g/mol. The minimum Gasteiger partial charge on any atom is -0.391 e. The molecule has 0 unspecified atom stereocenters. The van der Waals surface area contributed by atoms with Crippen LogP contribution in [-0.4, -0.2) is 46.7 Å². The van der Waals surface area contributed by atoms with Gasteiger partial charge in [-0.3, -0.25) is 4.98 Å². The Morgan fingerprint density at radius 1 is 1.39 bits per heavy atom. The number of nitrogens with zero attached hydrogens (tertiary/aromatic N) is 3. The molecule has 1 aliphatic heterocycles. The number of β-amino-alcohol motifs (C(OH)–C–C–N with tert-alkyl or cyclic N) is 1. The number of benzene rings is 1. The first-order chi connectivity index (χ1) is 10.8. The van der Waals surface area contributed by atoms with E-state index < -0.39 is 0 Å². The molecule has 124 valence electrons. The summed E-state index contributed by atoms with van der Waals surface area (Å²) in [7, 11) is 0. The van der Waals surface area contributed by atoms with Crippen molar-refractivity contribution in [2.45, 2.75) is 26.0 Å². The fraction of sp³-hybridized carbons (Fsp3) is 0.412. The summed E-state index contributed by atoms with van der Waals surface area (Å²) in [6.45, 7) is 5.00. The molecule has 0 bridgehead atoms. The highest BCUT2D eigenvalue weighted by Crippen LogP contribution is 2.17. The molecule has 1 aliphatic rings.